The van der Waals surface area contributed by atoms with Crippen LogP contribution in [0.4, 0.5) is 27.6 Å². The van der Waals surface area contributed by atoms with E-state index >= 15 is 0 Å². The van der Waals surface area contributed by atoms with Gasteiger partial charge in [-0.3, -0.25) is 9.59 Å². The zero-order valence-electron chi connectivity index (χ0n) is 9.93. The molecule has 3 nitrogen and oxygen atoms in total. The number of hydrogen-bond acceptors (Lipinski definition) is 2. The summed E-state index contributed by atoms with van der Waals surface area (Å²) in [7, 11) is 0. The summed E-state index contributed by atoms with van der Waals surface area (Å²) in [6.45, 7) is -0.459. The molecule has 1 aliphatic rings. The van der Waals surface area contributed by atoms with Gasteiger partial charge < -0.3 is 4.90 Å². The average molecular weight is 293 g/mol. The molecule has 0 bridgehead atoms. The van der Waals surface area contributed by atoms with Gasteiger partial charge in [0.05, 0.1) is 11.3 Å². The molecule has 0 saturated carbocycles. The summed E-state index contributed by atoms with van der Waals surface area (Å²) in [5, 5.41) is 0. The van der Waals surface area contributed by atoms with Gasteiger partial charge in [0.15, 0.2) is 5.82 Å². The van der Waals surface area contributed by atoms with Crippen molar-refractivity contribution in [3.05, 3.63) is 29.3 Å². The van der Waals surface area contributed by atoms with Gasteiger partial charge >= 0.3 is 6.18 Å². The van der Waals surface area contributed by atoms with Gasteiger partial charge in [-0.1, -0.05) is 0 Å². The van der Waals surface area contributed by atoms with E-state index in [0.29, 0.717) is 17.0 Å². The van der Waals surface area contributed by atoms with Crippen LogP contribution in [0.25, 0.3) is 0 Å². The third-order valence-electron chi connectivity index (χ3n) is 2.82. The van der Waals surface area contributed by atoms with Crippen LogP contribution in [-0.4, -0.2) is 24.4 Å². The summed E-state index contributed by atoms with van der Waals surface area (Å²) < 4.78 is 62.7. The molecule has 1 aliphatic heterocycles. The third-order valence-corrected chi connectivity index (χ3v) is 2.82. The number of Topliss-reactive ketones (excluding diaryl/α,β-unsaturated/α-hetero) is 1. The number of carbonyl (C=O) groups is 2. The fraction of sp³-hybridized carbons (Fsp3) is 0.333. The standard InChI is InChI=1S/C12H8F5NO2/c13-6-4-7-9(8(14)5-6)18(11(20)10(7)19)3-1-2-12(15,16)17/h4-5H,1-3H2. The number of nitrogens with zero attached hydrogens (tertiary/aromatic N) is 1. The molecule has 0 radical (unpaired) electrons. The number of halogens is 5. The zero-order chi connectivity index (χ0) is 15.1. The minimum Gasteiger partial charge on any atom is -0.302 e. The highest BCUT2D eigenvalue weighted by atomic mass is 19.4. The minimum absolute atomic E-state index is 0.455. The van der Waals surface area contributed by atoms with Crippen molar-refractivity contribution in [3.8, 4) is 0 Å². The fourth-order valence-electron chi connectivity index (χ4n) is 2.00. The monoisotopic (exact) mass is 293 g/mol. The van der Waals surface area contributed by atoms with Gasteiger partial charge in [-0.05, 0) is 12.5 Å². The Morgan fingerprint density at radius 1 is 1.10 bits per heavy atom. The first-order chi connectivity index (χ1) is 9.20. The maximum absolute atomic E-state index is 13.6. The number of alkyl halides is 3. The van der Waals surface area contributed by atoms with Gasteiger partial charge in [-0.15, -0.1) is 0 Å². The van der Waals surface area contributed by atoms with E-state index in [4.69, 9.17) is 0 Å². The first-order valence-corrected chi connectivity index (χ1v) is 5.62. The highest BCUT2D eigenvalue weighted by molar-refractivity contribution is 6.52. The van der Waals surface area contributed by atoms with Crippen LogP contribution in [0.1, 0.15) is 23.2 Å². The number of anilines is 1. The van der Waals surface area contributed by atoms with Crippen LogP contribution in [0.2, 0.25) is 0 Å². The maximum Gasteiger partial charge on any atom is 0.389 e. The first-order valence-electron chi connectivity index (χ1n) is 5.62. The number of hydrogen-bond donors (Lipinski definition) is 0. The van der Waals surface area contributed by atoms with E-state index in [1.165, 1.54) is 0 Å². The smallest absolute Gasteiger partial charge is 0.302 e. The largest absolute Gasteiger partial charge is 0.389 e. The molecule has 0 unspecified atom stereocenters. The molecule has 0 aromatic heterocycles. The highest BCUT2D eigenvalue weighted by Gasteiger charge is 2.39. The Morgan fingerprint density at radius 3 is 2.35 bits per heavy atom. The van der Waals surface area contributed by atoms with Gasteiger partial charge in [0.1, 0.15) is 5.82 Å². The van der Waals surface area contributed by atoms with Gasteiger partial charge in [0.25, 0.3) is 11.7 Å². The normalized spacial score (nSPS) is 14.9. The molecule has 1 heterocycles. The van der Waals surface area contributed by atoms with Crippen LogP contribution in [0.15, 0.2) is 12.1 Å². The summed E-state index contributed by atoms with van der Waals surface area (Å²) in [4.78, 5) is 23.7. The Bertz CT molecular complexity index is 582. The average Bonchev–Trinajstić information content (AvgIpc) is 2.53. The first kappa shape index (κ1) is 14.4. The lowest BCUT2D eigenvalue weighted by atomic mass is 10.1. The van der Waals surface area contributed by atoms with Crippen molar-refractivity contribution in [1.82, 2.24) is 0 Å². The molecule has 8 heteroatoms. The topological polar surface area (TPSA) is 37.4 Å². The number of fused-ring (bicyclic) bond motifs is 1. The van der Waals surface area contributed by atoms with Crippen LogP contribution in [0.3, 0.4) is 0 Å². The second-order valence-corrected chi connectivity index (χ2v) is 4.29. The zero-order valence-corrected chi connectivity index (χ0v) is 9.93. The van der Waals surface area contributed by atoms with Crippen molar-refractivity contribution in [1.29, 1.82) is 0 Å². The Labute approximate surface area is 110 Å². The molecule has 1 aromatic carbocycles. The van der Waals surface area contributed by atoms with Gasteiger partial charge in [0, 0.05) is 19.0 Å². The number of benzene rings is 1. The van der Waals surface area contributed by atoms with Crippen LogP contribution < -0.4 is 4.90 Å². The molecule has 1 aromatic rings. The molecule has 2 rings (SSSR count). The summed E-state index contributed by atoms with van der Waals surface area (Å²) in [5.74, 6) is -4.44. The Kier molecular flexibility index (Phi) is 3.49. The predicted molar refractivity (Wildman–Crippen MR) is 58.3 cm³/mol. The molecule has 0 atom stereocenters. The lowest BCUT2D eigenvalue weighted by molar-refractivity contribution is -0.135. The number of amides is 1. The lowest BCUT2D eigenvalue weighted by Crippen LogP contribution is -2.31. The molecule has 20 heavy (non-hydrogen) atoms. The van der Waals surface area contributed by atoms with Gasteiger partial charge in [-0.2, -0.15) is 13.2 Å². The van der Waals surface area contributed by atoms with E-state index < -0.39 is 60.1 Å². The van der Waals surface area contributed by atoms with Crippen molar-refractivity contribution < 1.29 is 31.5 Å². The molecular formula is C12H8F5NO2. The second-order valence-electron chi connectivity index (χ2n) is 4.29. The fourth-order valence-corrected chi connectivity index (χ4v) is 2.00. The van der Waals surface area contributed by atoms with Crippen LogP contribution in [0, 0.1) is 11.6 Å². The van der Waals surface area contributed by atoms with Crippen molar-refractivity contribution in [2.75, 3.05) is 11.4 Å². The molecule has 108 valence electrons. The highest BCUT2D eigenvalue weighted by Crippen LogP contribution is 2.33. The van der Waals surface area contributed by atoms with Crippen LogP contribution in [-0.2, 0) is 4.79 Å². The molecule has 0 N–H and O–H groups in total. The minimum atomic E-state index is -4.41. The van der Waals surface area contributed by atoms with Gasteiger partial charge in [0.2, 0.25) is 0 Å². The predicted octanol–water partition coefficient (Wildman–Crippen LogP) is 2.84. The van der Waals surface area contributed by atoms with Crippen molar-refractivity contribution >= 4 is 17.4 Å². The molecule has 0 fully saturated rings. The SMILES string of the molecule is O=C1C(=O)N(CCCC(F)(F)F)c2c(F)cc(F)cc21. The summed E-state index contributed by atoms with van der Waals surface area (Å²) >= 11 is 0. The third kappa shape index (κ3) is 2.63. The van der Waals surface area contributed by atoms with E-state index in [9.17, 15) is 31.5 Å². The molecule has 0 spiro atoms. The Hall–Kier alpha value is -1.99. The van der Waals surface area contributed by atoms with E-state index in [-0.39, 0.29) is 0 Å². The number of ketones is 1. The number of carbonyl (C=O) groups excluding carboxylic acids is 2. The Balaban J connectivity index is 2.25. The van der Waals surface area contributed by atoms with E-state index in [0.717, 1.165) is 0 Å². The van der Waals surface area contributed by atoms with E-state index in [2.05, 4.69) is 0 Å². The molecular weight excluding hydrogens is 285 g/mol. The summed E-state index contributed by atoms with van der Waals surface area (Å²) in [6.07, 6.45) is -6.04. The van der Waals surface area contributed by atoms with Crippen molar-refractivity contribution in [2.45, 2.75) is 19.0 Å². The number of rotatable bonds is 3. The quantitative estimate of drug-likeness (QED) is 0.635. The molecule has 0 aliphatic carbocycles. The second kappa shape index (κ2) is 4.84. The van der Waals surface area contributed by atoms with Crippen molar-refractivity contribution in [3.63, 3.8) is 0 Å². The maximum atomic E-state index is 13.6. The molecule has 1 amide bonds. The Morgan fingerprint density at radius 2 is 1.75 bits per heavy atom. The van der Waals surface area contributed by atoms with Crippen LogP contribution >= 0.6 is 0 Å². The molecule has 0 saturated heterocycles. The van der Waals surface area contributed by atoms with E-state index in [1.54, 1.807) is 0 Å². The summed E-state index contributed by atoms with van der Waals surface area (Å²) in [6, 6.07) is 1.17. The van der Waals surface area contributed by atoms with Crippen molar-refractivity contribution in [2.24, 2.45) is 0 Å². The van der Waals surface area contributed by atoms with Gasteiger partial charge in [-0.25, -0.2) is 8.78 Å². The lowest BCUT2D eigenvalue weighted by Gasteiger charge is -2.17. The van der Waals surface area contributed by atoms with Crippen LogP contribution in [0.5, 0.6) is 0 Å². The van der Waals surface area contributed by atoms with E-state index in [1.807, 2.05) is 0 Å². The summed E-state index contributed by atoms with van der Waals surface area (Å²) in [5.41, 5.74) is -0.914.